The van der Waals surface area contributed by atoms with E-state index in [1.807, 2.05) is 0 Å². The molecule has 1 aliphatic heterocycles. The molecular weight excluding hydrogens is 328 g/mol. The standard InChI is InChI=1S/C14H19F2N3O3S/c1-23(21,22)17-8-14(20)19-6-2-3-11(9-19)18-10-4-5-12(15)13(16)7-10/h4-5,7,11,17-18H,2-3,6,8-9H2,1H3. The van der Waals surface area contributed by atoms with E-state index < -0.39 is 21.7 Å². The van der Waals surface area contributed by atoms with Crippen LogP contribution in [0.4, 0.5) is 14.5 Å². The Hall–Kier alpha value is -1.74. The van der Waals surface area contributed by atoms with Gasteiger partial charge in [-0.3, -0.25) is 4.79 Å². The Labute approximate surface area is 133 Å². The fourth-order valence-corrected chi connectivity index (χ4v) is 2.83. The monoisotopic (exact) mass is 347 g/mol. The summed E-state index contributed by atoms with van der Waals surface area (Å²) >= 11 is 0. The molecule has 2 rings (SSSR count). The Morgan fingerprint density at radius 3 is 2.74 bits per heavy atom. The van der Waals surface area contributed by atoms with Crippen molar-refractivity contribution in [2.45, 2.75) is 18.9 Å². The van der Waals surface area contributed by atoms with Crippen molar-refractivity contribution < 1.29 is 22.0 Å². The minimum atomic E-state index is -3.42. The molecule has 1 fully saturated rings. The molecular formula is C14H19F2N3O3S. The van der Waals surface area contributed by atoms with Crippen molar-refractivity contribution in [1.82, 2.24) is 9.62 Å². The highest BCUT2D eigenvalue weighted by molar-refractivity contribution is 7.88. The number of nitrogens with zero attached hydrogens (tertiary/aromatic N) is 1. The first-order valence-electron chi connectivity index (χ1n) is 7.18. The van der Waals surface area contributed by atoms with Crippen molar-refractivity contribution in [2.24, 2.45) is 0 Å². The van der Waals surface area contributed by atoms with Gasteiger partial charge in [0.25, 0.3) is 0 Å². The predicted octanol–water partition coefficient (Wildman–Crippen LogP) is 0.917. The molecule has 128 valence electrons. The summed E-state index contributed by atoms with van der Waals surface area (Å²) in [6.07, 6.45) is 2.51. The third kappa shape index (κ3) is 5.43. The Morgan fingerprint density at radius 1 is 1.35 bits per heavy atom. The van der Waals surface area contributed by atoms with Crippen LogP contribution >= 0.6 is 0 Å². The number of piperidine rings is 1. The molecule has 2 N–H and O–H groups in total. The molecule has 1 heterocycles. The lowest BCUT2D eigenvalue weighted by molar-refractivity contribution is -0.130. The highest BCUT2D eigenvalue weighted by Crippen LogP contribution is 2.18. The maximum absolute atomic E-state index is 13.2. The van der Waals surface area contributed by atoms with E-state index in [-0.39, 0.29) is 18.5 Å². The Balaban J connectivity index is 1.92. The summed E-state index contributed by atoms with van der Waals surface area (Å²) in [6, 6.07) is 3.45. The van der Waals surface area contributed by atoms with Crippen molar-refractivity contribution >= 4 is 21.6 Å². The van der Waals surface area contributed by atoms with Gasteiger partial charge >= 0.3 is 0 Å². The topological polar surface area (TPSA) is 78.5 Å². The van der Waals surface area contributed by atoms with Gasteiger partial charge in [0.1, 0.15) is 0 Å². The number of sulfonamides is 1. The molecule has 9 heteroatoms. The van der Waals surface area contributed by atoms with Gasteiger partial charge in [0.05, 0.1) is 12.8 Å². The summed E-state index contributed by atoms with van der Waals surface area (Å²) in [4.78, 5) is 13.6. The van der Waals surface area contributed by atoms with Crippen molar-refractivity contribution in [1.29, 1.82) is 0 Å². The van der Waals surface area contributed by atoms with E-state index in [4.69, 9.17) is 0 Å². The van der Waals surface area contributed by atoms with Gasteiger partial charge in [-0.1, -0.05) is 0 Å². The van der Waals surface area contributed by atoms with Gasteiger partial charge in [-0.15, -0.1) is 0 Å². The third-order valence-corrected chi connectivity index (χ3v) is 4.22. The SMILES string of the molecule is CS(=O)(=O)NCC(=O)N1CCCC(Nc2ccc(F)c(F)c2)C1. The van der Waals surface area contributed by atoms with Gasteiger partial charge in [-0.05, 0) is 25.0 Å². The second kappa shape index (κ2) is 7.22. The van der Waals surface area contributed by atoms with Crippen LogP contribution in [-0.2, 0) is 14.8 Å². The van der Waals surface area contributed by atoms with E-state index >= 15 is 0 Å². The van der Waals surface area contributed by atoms with E-state index in [1.54, 1.807) is 4.90 Å². The summed E-state index contributed by atoms with van der Waals surface area (Å²) in [7, 11) is -3.42. The Morgan fingerprint density at radius 2 is 2.09 bits per heavy atom. The quantitative estimate of drug-likeness (QED) is 0.830. The maximum Gasteiger partial charge on any atom is 0.237 e. The highest BCUT2D eigenvalue weighted by Gasteiger charge is 2.24. The largest absolute Gasteiger partial charge is 0.380 e. The number of amides is 1. The molecule has 0 spiro atoms. The Bertz CT molecular complexity index is 682. The minimum absolute atomic E-state index is 0.101. The van der Waals surface area contributed by atoms with E-state index in [9.17, 15) is 22.0 Å². The molecule has 1 aromatic carbocycles. The number of hydrogen-bond donors (Lipinski definition) is 2. The number of rotatable bonds is 5. The molecule has 1 saturated heterocycles. The summed E-state index contributed by atoms with van der Waals surface area (Å²) in [5.41, 5.74) is 0.442. The van der Waals surface area contributed by atoms with E-state index in [1.165, 1.54) is 6.07 Å². The normalized spacial score (nSPS) is 18.7. The van der Waals surface area contributed by atoms with E-state index in [0.717, 1.165) is 31.2 Å². The number of benzene rings is 1. The molecule has 23 heavy (non-hydrogen) atoms. The van der Waals surface area contributed by atoms with E-state index in [2.05, 4.69) is 10.0 Å². The van der Waals surface area contributed by atoms with Crippen LogP contribution in [0.1, 0.15) is 12.8 Å². The van der Waals surface area contributed by atoms with Gasteiger partial charge in [0.2, 0.25) is 15.9 Å². The number of nitrogens with one attached hydrogen (secondary N) is 2. The third-order valence-electron chi connectivity index (χ3n) is 3.55. The van der Waals surface area contributed by atoms with Gasteiger partial charge in [0, 0.05) is 30.9 Å². The molecule has 0 radical (unpaired) electrons. The van der Waals surface area contributed by atoms with Gasteiger partial charge in [-0.25, -0.2) is 21.9 Å². The zero-order chi connectivity index (χ0) is 17.0. The number of likely N-dealkylation sites (tertiary alicyclic amines) is 1. The smallest absolute Gasteiger partial charge is 0.237 e. The zero-order valence-electron chi connectivity index (χ0n) is 12.7. The van der Waals surface area contributed by atoms with Gasteiger partial charge < -0.3 is 10.2 Å². The van der Waals surface area contributed by atoms with Crippen LogP contribution in [0.25, 0.3) is 0 Å². The van der Waals surface area contributed by atoms with Crippen LogP contribution in [0.3, 0.4) is 0 Å². The molecule has 0 saturated carbocycles. The lowest BCUT2D eigenvalue weighted by Crippen LogP contribution is -2.48. The molecule has 0 bridgehead atoms. The number of halogens is 2. The van der Waals surface area contributed by atoms with Gasteiger partial charge in [-0.2, -0.15) is 0 Å². The van der Waals surface area contributed by atoms with Crippen LogP contribution in [-0.4, -0.2) is 51.2 Å². The van der Waals surface area contributed by atoms with Crippen LogP contribution in [0.2, 0.25) is 0 Å². The molecule has 1 aliphatic rings. The number of carbonyl (C=O) groups is 1. The first kappa shape index (κ1) is 17.6. The van der Waals surface area contributed by atoms with E-state index in [0.29, 0.717) is 18.8 Å². The zero-order valence-corrected chi connectivity index (χ0v) is 13.5. The summed E-state index contributed by atoms with van der Waals surface area (Å²) in [5, 5.41) is 3.07. The first-order valence-corrected chi connectivity index (χ1v) is 9.08. The minimum Gasteiger partial charge on any atom is -0.380 e. The molecule has 1 amide bonds. The fourth-order valence-electron chi connectivity index (χ4n) is 2.45. The number of hydrogen-bond acceptors (Lipinski definition) is 4. The molecule has 1 atom stereocenters. The maximum atomic E-state index is 13.2. The number of carbonyl (C=O) groups excluding carboxylic acids is 1. The molecule has 0 aromatic heterocycles. The second-order valence-corrected chi connectivity index (χ2v) is 7.38. The van der Waals surface area contributed by atoms with Crippen LogP contribution in [0, 0.1) is 11.6 Å². The average molecular weight is 347 g/mol. The van der Waals surface area contributed by atoms with Crippen LogP contribution in [0.15, 0.2) is 18.2 Å². The van der Waals surface area contributed by atoms with Crippen LogP contribution in [0.5, 0.6) is 0 Å². The summed E-state index contributed by atoms with van der Waals surface area (Å²) in [6.45, 7) is 0.639. The predicted molar refractivity (Wildman–Crippen MR) is 82.4 cm³/mol. The number of anilines is 1. The van der Waals surface area contributed by atoms with Crippen LogP contribution < -0.4 is 10.0 Å². The van der Waals surface area contributed by atoms with Crippen molar-refractivity contribution in [2.75, 3.05) is 31.2 Å². The first-order chi connectivity index (χ1) is 10.7. The van der Waals surface area contributed by atoms with Gasteiger partial charge in [0.15, 0.2) is 11.6 Å². The van der Waals surface area contributed by atoms with Crippen molar-refractivity contribution in [3.8, 4) is 0 Å². The second-order valence-electron chi connectivity index (χ2n) is 5.55. The highest BCUT2D eigenvalue weighted by atomic mass is 32.2. The molecule has 1 aromatic rings. The van der Waals surface area contributed by atoms with Crippen molar-refractivity contribution in [3.05, 3.63) is 29.8 Å². The fraction of sp³-hybridized carbons (Fsp3) is 0.500. The average Bonchev–Trinajstić information content (AvgIpc) is 2.48. The molecule has 1 unspecified atom stereocenters. The lowest BCUT2D eigenvalue weighted by atomic mass is 10.1. The van der Waals surface area contributed by atoms with Crippen molar-refractivity contribution in [3.63, 3.8) is 0 Å². The summed E-state index contributed by atoms with van der Waals surface area (Å²) < 4.78 is 50.3. The summed E-state index contributed by atoms with van der Waals surface area (Å²) in [5.74, 6) is -2.16. The lowest BCUT2D eigenvalue weighted by Gasteiger charge is -2.33. The Kier molecular flexibility index (Phi) is 5.53. The molecule has 6 nitrogen and oxygen atoms in total. The molecule has 0 aliphatic carbocycles.